The van der Waals surface area contributed by atoms with Gasteiger partial charge in [0, 0.05) is 16.7 Å². The number of amides is 1. The van der Waals surface area contributed by atoms with Gasteiger partial charge in [-0.3, -0.25) is 9.59 Å². The highest BCUT2D eigenvalue weighted by molar-refractivity contribution is 5.95. The molecule has 1 aromatic carbocycles. The van der Waals surface area contributed by atoms with Gasteiger partial charge in [0.1, 0.15) is 6.29 Å². The van der Waals surface area contributed by atoms with Crippen molar-refractivity contribution < 1.29 is 9.59 Å². The molecule has 1 aromatic rings. The van der Waals surface area contributed by atoms with E-state index >= 15 is 0 Å². The average molecular weight is 219 g/mol. The summed E-state index contributed by atoms with van der Waals surface area (Å²) >= 11 is 0. The number of nitrogens with one attached hydrogen (secondary N) is 1. The molecule has 0 heterocycles. The molecule has 0 radical (unpaired) electrons. The number of benzene rings is 1. The predicted octanol–water partition coefficient (Wildman–Crippen LogP) is 2.87. The van der Waals surface area contributed by atoms with Crippen LogP contribution < -0.4 is 5.32 Å². The van der Waals surface area contributed by atoms with Crippen LogP contribution in [0.15, 0.2) is 24.3 Å². The minimum Gasteiger partial charge on any atom is -0.326 e. The van der Waals surface area contributed by atoms with Gasteiger partial charge in [0.05, 0.1) is 0 Å². The Kier molecular flexibility index (Phi) is 3.82. The quantitative estimate of drug-likeness (QED) is 0.791. The molecule has 3 nitrogen and oxygen atoms in total. The minimum atomic E-state index is -0.392. The molecule has 1 rings (SSSR count). The Morgan fingerprint density at radius 3 is 2.69 bits per heavy atom. The zero-order chi connectivity index (χ0) is 12.2. The van der Waals surface area contributed by atoms with Crippen molar-refractivity contribution >= 4 is 17.9 Å². The van der Waals surface area contributed by atoms with Crippen LogP contribution in [0.5, 0.6) is 0 Å². The van der Waals surface area contributed by atoms with Crippen molar-refractivity contribution in [2.24, 2.45) is 5.41 Å². The Morgan fingerprint density at radius 1 is 1.44 bits per heavy atom. The average Bonchev–Trinajstić information content (AvgIpc) is 2.29. The van der Waals surface area contributed by atoms with E-state index in [9.17, 15) is 9.59 Å². The van der Waals surface area contributed by atoms with E-state index in [0.717, 1.165) is 12.7 Å². The van der Waals surface area contributed by atoms with Crippen molar-refractivity contribution in [1.29, 1.82) is 0 Å². The van der Waals surface area contributed by atoms with Gasteiger partial charge >= 0.3 is 0 Å². The van der Waals surface area contributed by atoms with Crippen molar-refractivity contribution in [3.63, 3.8) is 0 Å². The Bertz CT molecular complexity index is 397. The zero-order valence-electron chi connectivity index (χ0n) is 9.91. The molecule has 0 aromatic heterocycles. The molecule has 1 N–H and O–H groups in total. The second-order valence-corrected chi connectivity index (χ2v) is 4.43. The molecule has 3 heteroatoms. The third-order valence-electron chi connectivity index (χ3n) is 2.78. The first kappa shape index (κ1) is 12.4. The first-order valence-corrected chi connectivity index (χ1v) is 5.36. The van der Waals surface area contributed by atoms with Crippen LogP contribution in [0.25, 0.3) is 0 Å². The van der Waals surface area contributed by atoms with Gasteiger partial charge in [-0.25, -0.2) is 0 Å². The van der Waals surface area contributed by atoms with Crippen molar-refractivity contribution in [2.75, 3.05) is 5.32 Å². The molecule has 0 saturated heterocycles. The lowest BCUT2D eigenvalue weighted by Gasteiger charge is -2.21. The van der Waals surface area contributed by atoms with Crippen LogP contribution in [-0.2, 0) is 4.79 Å². The molecule has 0 fully saturated rings. The lowest BCUT2D eigenvalue weighted by Crippen LogP contribution is -2.29. The van der Waals surface area contributed by atoms with Crippen LogP contribution in [0.4, 0.5) is 5.69 Å². The van der Waals surface area contributed by atoms with Crippen LogP contribution in [0.3, 0.4) is 0 Å². The number of anilines is 1. The van der Waals surface area contributed by atoms with Crippen molar-refractivity contribution in [3.05, 3.63) is 29.8 Å². The Morgan fingerprint density at radius 2 is 2.12 bits per heavy atom. The highest BCUT2D eigenvalue weighted by Crippen LogP contribution is 2.22. The Balaban J connectivity index is 2.81. The number of aldehydes is 1. The first-order valence-electron chi connectivity index (χ1n) is 5.36. The molecule has 1 amide bonds. The highest BCUT2D eigenvalue weighted by atomic mass is 16.2. The number of hydrogen-bond donors (Lipinski definition) is 1. The largest absolute Gasteiger partial charge is 0.326 e. The van der Waals surface area contributed by atoms with Gasteiger partial charge in [-0.15, -0.1) is 0 Å². The SMILES string of the molecule is CCC(C)(C)C(=O)Nc1cccc(C=O)c1. The van der Waals surface area contributed by atoms with Crippen molar-refractivity contribution in [1.82, 2.24) is 0 Å². The number of carbonyl (C=O) groups is 2. The minimum absolute atomic E-state index is 0.0296. The monoisotopic (exact) mass is 219 g/mol. The zero-order valence-corrected chi connectivity index (χ0v) is 9.91. The van der Waals surface area contributed by atoms with Gasteiger partial charge in [0.15, 0.2) is 0 Å². The molecule has 0 spiro atoms. The van der Waals surface area contributed by atoms with Gasteiger partial charge in [-0.2, -0.15) is 0 Å². The summed E-state index contributed by atoms with van der Waals surface area (Å²) in [6.45, 7) is 5.76. The lowest BCUT2D eigenvalue weighted by atomic mass is 9.89. The molecular formula is C13H17NO2. The molecule has 16 heavy (non-hydrogen) atoms. The van der Waals surface area contributed by atoms with Gasteiger partial charge < -0.3 is 5.32 Å². The fourth-order valence-corrected chi connectivity index (χ4v) is 1.15. The van der Waals surface area contributed by atoms with E-state index in [1.807, 2.05) is 20.8 Å². The van der Waals surface area contributed by atoms with E-state index in [2.05, 4.69) is 5.32 Å². The molecule has 86 valence electrons. The summed E-state index contributed by atoms with van der Waals surface area (Å²) < 4.78 is 0. The number of carbonyl (C=O) groups excluding carboxylic acids is 2. The maximum absolute atomic E-state index is 11.9. The van der Waals surface area contributed by atoms with Gasteiger partial charge in [-0.05, 0) is 18.6 Å². The van der Waals surface area contributed by atoms with E-state index < -0.39 is 5.41 Å². The lowest BCUT2D eigenvalue weighted by molar-refractivity contribution is -0.124. The maximum atomic E-state index is 11.9. The standard InChI is InChI=1S/C13H17NO2/c1-4-13(2,3)12(16)14-11-7-5-6-10(8-11)9-15/h5-9H,4H2,1-3H3,(H,14,16). The molecular weight excluding hydrogens is 202 g/mol. The summed E-state index contributed by atoms with van der Waals surface area (Å²) in [4.78, 5) is 22.5. The van der Waals surface area contributed by atoms with Crippen LogP contribution in [0.2, 0.25) is 0 Å². The van der Waals surface area contributed by atoms with Crippen LogP contribution >= 0.6 is 0 Å². The number of hydrogen-bond acceptors (Lipinski definition) is 2. The summed E-state index contributed by atoms with van der Waals surface area (Å²) in [6, 6.07) is 6.89. The summed E-state index contributed by atoms with van der Waals surface area (Å²) in [7, 11) is 0. The topological polar surface area (TPSA) is 46.2 Å². The second kappa shape index (κ2) is 4.92. The van der Waals surface area contributed by atoms with Crippen molar-refractivity contribution in [2.45, 2.75) is 27.2 Å². The van der Waals surface area contributed by atoms with E-state index in [4.69, 9.17) is 0 Å². The smallest absolute Gasteiger partial charge is 0.230 e. The molecule has 0 saturated carbocycles. The maximum Gasteiger partial charge on any atom is 0.230 e. The summed E-state index contributed by atoms with van der Waals surface area (Å²) in [5.74, 6) is -0.0296. The third-order valence-corrected chi connectivity index (χ3v) is 2.78. The summed E-state index contributed by atoms with van der Waals surface area (Å²) in [6.07, 6.45) is 1.53. The summed E-state index contributed by atoms with van der Waals surface area (Å²) in [5.41, 5.74) is 0.834. The molecule has 0 atom stereocenters. The van der Waals surface area contributed by atoms with Gasteiger partial charge in [0.2, 0.25) is 5.91 Å². The molecule has 0 aliphatic heterocycles. The first-order chi connectivity index (χ1) is 7.49. The van der Waals surface area contributed by atoms with E-state index in [0.29, 0.717) is 11.3 Å². The molecule has 0 aliphatic rings. The van der Waals surface area contributed by atoms with E-state index in [1.165, 1.54) is 0 Å². The van der Waals surface area contributed by atoms with Gasteiger partial charge in [-0.1, -0.05) is 32.9 Å². The van der Waals surface area contributed by atoms with Crippen LogP contribution in [0.1, 0.15) is 37.6 Å². The third kappa shape index (κ3) is 2.92. The van der Waals surface area contributed by atoms with Crippen LogP contribution in [-0.4, -0.2) is 12.2 Å². The van der Waals surface area contributed by atoms with Crippen LogP contribution in [0, 0.1) is 5.41 Å². The van der Waals surface area contributed by atoms with Crippen molar-refractivity contribution in [3.8, 4) is 0 Å². The summed E-state index contributed by atoms with van der Waals surface area (Å²) in [5, 5.41) is 2.81. The molecule has 0 aliphatic carbocycles. The van der Waals surface area contributed by atoms with Gasteiger partial charge in [0.25, 0.3) is 0 Å². The Hall–Kier alpha value is -1.64. The fraction of sp³-hybridized carbons (Fsp3) is 0.385. The normalized spacial score (nSPS) is 10.9. The highest BCUT2D eigenvalue weighted by Gasteiger charge is 2.25. The fourth-order valence-electron chi connectivity index (χ4n) is 1.15. The second-order valence-electron chi connectivity index (χ2n) is 4.43. The van der Waals surface area contributed by atoms with E-state index in [1.54, 1.807) is 24.3 Å². The number of rotatable bonds is 4. The molecule has 0 unspecified atom stereocenters. The predicted molar refractivity (Wildman–Crippen MR) is 64.5 cm³/mol. The molecule has 0 bridgehead atoms. The van der Waals surface area contributed by atoms with E-state index in [-0.39, 0.29) is 5.91 Å². The Labute approximate surface area is 95.9 Å².